The summed E-state index contributed by atoms with van der Waals surface area (Å²) in [6, 6.07) is 10.2. The van der Waals surface area contributed by atoms with Crippen LogP contribution in [0, 0.1) is 0 Å². The van der Waals surface area contributed by atoms with Crippen molar-refractivity contribution >= 4 is 22.8 Å². The molecule has 0 bridgehead atoms. The van der Waals surface area contributed by atoms with Crippen molar-refractivity contribution in [3.63, 3.8) is 0 Å². The van der Waals surface area contributed by atoms with Gasteiger partial charge < -0.3 is 15.3 Å². The normalized spacial score (nSPS) is 11.1. The van der Waals surface area contributed by atoms with E-state index in [0.717, 1.165) is 10.8 Å². The molecule has 0 radical (unpaired) electrons. The lowest BCUT2D eigenvalue weighted by molar-refractivity contribution is 0.367. The maximum Gasteiger partial charge on any atom is 0.200 e. The molecule has 0 unspecified atom stereocenters. The van der Waals surface area contributed by atoms with Crippen molar-refractivity contribution < 1.29 is 15.3 Å². The number of phenols is 3. The maximum absolute atomic E-state index is 9.69. The van der Waals surface area contributed by atoms with Crippen molar-refractivity contribution in [3.8, 4) is 17.2 Å². The Balaban J connectivity index is 1.87. The van der Waals surface area contributed by atoms with E-state index in [1.54, 1.807) is 6.20 Å². The summed E-state index contributed by atoms with van der Waals surface area (Å²) in [7, 11) is 0. The third-order valence-corrected chi connectivity index (χ3v) is 3.11. The second kappa shape index (κ2) is 5.57. The molecule has 4 N–H and O–H groups in total. The van der Waals surface area contributed by atoms with Crippen LogP contribution in [-0.4, -0.2) is 31.7 Å². The van der Waals surface area contributed by atoms with Crippen LogP contribution in [0.15, 0.2) is 47.7 Å². The predicted molar refractivity (Wildman–Crippen MR) is 82.2 cm³/mol. The van der Waals surface area contributed by atoms with Gasteiger partial charge in [0.05, 0.1) is 12.4 Å². The molecular weight excluding hydrogens is 284 g/mol. The van der Waals surface area contributed by atoms with Crippen LogP contribution in [0.3, 0.4) is 0 Å². The first-order valence-corrected chi connectivity index (χ1v) is 6.40. The topological polar surface area (TPSA) is 111 Å². The molecule has 7 heteroatoms. The minimum Gasteiger partial charge on any atom is -0.504 e. The summed E-state index contributed by atoms with van der Waals surface area (Å²) < 4.78 is 0. The Bertz CT molecular complexity index is 859. The average Bonchev–Trinajstić information content (AvgIpc) is 2.55. The number of benzene rings is 2. The van der Waals surface area contributed by atoms with Gasteiger partial charge in [0, 0.05) is 16.3 Å². The molecule has 3 rings (SSSR count). The molecule has 22 heavy (non-hydrogen) atoms. The highest BCUT2D eigenvalue weighted by Gasteiger charge is 2.09. The lowest BCUT2D eigenvalue weighted by atomic mass is 10.2. The fourth-order valence-electron chi connectivity index (χ4n) is 1.96. The van der Waals surface area contributed by atoms with Crippen molar-refractivity contribution in [2.75, 3.05) is 5.43 Å². The van der Waals surface area contributed by atoms with Crippen molar-refractivity contribution in [2.45, 2.75) is 0 Å². The van der Waals surface area contributed by atoms with Gasteiger partial charge in [-0.3, -0.25) is 5.43 Å². The van der Waals surface area contributed by atoms with Gasteiger partial charge in [-0.05, 0) is 12.1 Å². The van der Waals surface area contributed by atoms with Crippen LogP contribution < -0.4 is 5.43 Å². The summed E-state index contributed by atoms with van der Waals surface area (Å²) in [5, 5.41) is 42.0. The van der Waals surface area contributed by atoms with Gasteiger partial charge in [0.25, 0.3) is 0 Å². The molecule has 0 aliphatic rings. The predicted octanol–water partition coefficient (Wildman–Crippen LogP) is 2.19. The number of rotatable bonds is 3. The lowest BCUT2D eigenvalue weighted by Gasteiger charge is -2.04. The number of aromatic nitrogens is 2. The van der Waals surface area contributed by atoms with Gasteiger partial charge >= 0.3 is 0 Å². The molecular formula is C15H12N4O3. The second-order valence-electron chi connectivity index (χ2n) is 4.52. The number of nitrogens with one attached hydrogen (secondary N) is 1. The fraction of sp³-hybridized carbons (Fsp3) is 0. The summed E-state index contributed by atoms with van der Waals surface area (Å²) in [5.74, 6) is -0.970. The molecule has 2 aromatic carbocycles. The zero-order valence-corrected chi connectivity index (χ0v) is 11.3. The highest BCUT2D eigenvalue weighted by Crippen LogP contribution is 2.36. The first-order chi connectivity index (χ1) is 10.7. The van der Waals surface area contributed by atoms with Crippen LogP contribution in [0.25, 0.3) is 10.8 Å². The third-order valence-electron chi connectivity index (χ3n) is 3.11. The van der Waals surface area contributed by atoms with E-state index in [0.29, 0.717) is 5.82 Å². The van der Waals surface area contributed by atoms with Gasteiger partial charge in [0.2, 0.25) is 5.75 Å². The third kappa shape index (κ3) is 2.47. The van der Waals surface area contributed by atoms with E-state index >= 15 is 0 Å². The molecule has 7 nitrogen and oxygen atoms in total. The van der Waals surface area contributed by atoms with Crippen molar-refractivity contribution in [1.29, 1.82) is 0 Å². The summed E-state index contributed by atoms with van der Waals surface area (Å²) in [4.78, 5) is 0. The van der Waals surface area contributed by atoms with E-state index in [-0.39, 0.29) is 5.56 Å². The molecule has 110 valence electrons. The van der Waals surface area contributed by atoms with Crippen LogP contribution in [0.2, 0.25) is 0 Å². The summed E-state index contributed by atoms with van der Waals surface area (Å²) >= 11 is 0. The maximum atomic E-state index is 9.69. The number of anilines is 1. The summed E-state index contributed by atoms with van der Waals surface area (Å²) in [5.41, 5.74) is 2.98. The first-order valence-electron chi connectivity index (χ1n) is 6.40. The van der Waals surface area contributed by atoms with Gasteiger partial charge in [-0.15, -0.1) is 5.10 Å². The molecule has 1 heterocycles. The molecule has 1 aromatic heterocycles. The molecule has 0 spiro atoms. The van der Waals surface area contributed by atoms with Crippen LogP contribution in [0.1, 0.15) is 5.56 Å². The molecule has 3 aromatic rings. The van der Waals surface area contributed by atoms with Crippen LogP contribution >= 0.6 is 0 Å². The fourth-order valence-corrected chi connectivity index (χ4v) is 1.96. The molecule has 0 atom stereocenters. The summed E-state index contributed by atoms with van der Waals surface area (Å²) in [6.07, 6.45) is 2.95. The quantitative estimate of drug-likeness (QED) is 0.335. The van der Waals surface area contributed by atoms with Gasteiger partial charge in [-0.2, -0.15) is 10.2 Å². The number of aromatic hydroxyl groups is 3. The van der Waals surface area contributed by atoms with E-state index in [9.17, 15) is 15.3 Å². The minimum absolute atomic E-state index is 0.246. The van der Waals surface area contributed by atoms with Crippen molar-refractivity contribution in [1.82, 2.24) is 10.2 Å². The minimum atomic E-state index is -0.589. The molecule has 0 aliphatic heterocycles. The number of phenolic OH excluding ortho intramolecular Hbond substituents is 3. The van der Waals surface area contributed by atoms with Crippen molar-refractivity contribution in [3.05, 3.63) is 48.2 Å². The smallest absolute Gasteiger partial charge is 0.200 e. The van der Waals surface area contributed by atoms with E-state index in [1.165, 1.54) is 18.3 Å². The Labute approximate surface area is 125 Å². The highest BCUT2D eigenvalue weighted by molar-refractivity contribution is 5.91. The molecule has 0 amide bonds. The molecule has 0 saturated heterocycles. The Morgan fingerprint density at radius 3 is 2.68 bits per heavy atom. The lowest BCUT2D eigenvalue weighted by Crippen LogP contribution is -1.96. The van der Waals surface area contributed by atoms with E-state index in [1.807, 2.05) is 24.3 Å². The number of fused-ring (bicyclic) bond motifs is 1. The van der Waals surface area contributed by atoms with Crippen molar-refractivity contribution in [2.24, 2.45) is 5.10 Å². The number of nitrogens with zero attached hydrogens (tertiary/aromatic N) is 3. The van der Waals surface area contributed by atoms with E-state index in [4.69, 9.17) is 0 Å². The van der Waals surface area contributed by atoms with Gasteiger partial charge in [-0.25, -0.2) is 0 Å². The molecule has 0 aliphatic carbocycles. The monoisotopic (exact) mass is 296 g/mol. The molecule has 0 saturated carbocycles. The SMILES string of the molecule is Oc1ccc(/C=N/Nc2nncc3ccccc23)c(O)c1O. The van der Waals surface area contributed by atoms with Gasteiger partial charge in [0.1, 0.15) is 0 Å². The highest BCUT2D eigenvalue weighted by atomic mass is 16.3. The Morgan fingerprint density at radius 2 is 1.82 bits per heavy atom. The zero-order valence-electron chi connectivity index (χ0n) is 11.3. The summed E-state index contributed by atoms with van der Waals surface area (Å²) in [6.45, 7) is 0. The second-order valence-corrected chi connectivity index (χ2v) is 4.52. The van der Waals surface area contributed by atoms with Gasteiger partial charge in [0.15, 0.2) is 17.3 Å². The van der Waals surface area contributed by atoms with Crippen LogP contribution in [-0.2, 0) is 0 Å². The first kappa shape index (κ1) is 13.6. The van der Waals surface area contributed by atoms with Crippen LogP contribution in [0.5, 0.6) is 17.2 Å². The van der Waals surface area contributed by atoms with Crippen LogP contribution in [0.4, 0.5) is 5.82 Å². The van der Waals surface area contributed by atoms with E-state index in [2.05, 4.69) is 20.7 Å². The molecule has 0 fully saturated rings. The Hall–Kier alpha value is -3.35. The Kier molecular flexibility index (Phi) is 3.45. The van der Waals surface area contributed by atoms with Gasteiger partial charge in [-0.1, -0.05) is 24.3 Å². The number of hydrogen-bond acceptors (Lipinski definition) is 7. The number of hydrazone groups is 1. The average molecular weight is 296 g/mol. The zero-order chi connectivity index (χ0) is 15.5. The Morgan fingerprint density at radius 1 is 1.00 bits per heavy atom. The largest absolute Gasteiger partial charge is 0.504 e. The standard InChI is InChI=1S/C15H12N4O3/c20-12-6-5-10(13(21)14(12)22)8-17-19-15-11-4-2-1-3-9(11)7-16-18-15/h1-8,20-22H,(H,18,19)/b17-8+. The van der Waals surface area contributed by atoms with E-state index < -0.39 is 17.2 Å². The number of hydrogen-bond donors (Lipinski definition) is 4.